The molecule has 1 aromatic carbocycles. The number of hydrogen-bond donors (Lipinski definition) is 1. The predicted molar refractivity (Wildman–Crippen MR) is 68.7 cm³/mol. The highest BCUT2D eigenvalue weighted by Crippen LogP contribution is 2.25. The molecule has 4 nitrogen and oxygen atoms in total. The minimum Gasteiger partial charge on any atom is -0.483 e. The predicted octanol–water partition coefficient (Wildman–Crippen LogP) is 1.19. The van der Waals surface area contributed by atoms with Gasteiger partial charge in [0.15, 0.2) is 6.61 Å². The maximum Gasteiger partial charge on any atom is 0.260 e. The fourth-order valence-corrected chi connectivity index (χ4v) is 2.03. The van der Waals surface area contributed by atoms with Crippen LogP contribution in [0.1, 0.15) is 16.7 Å². The number of ether oxygens (including phenoxy) is 1. The van der Waals surface area contributed by atoms with E-state index in [4.69, 9.17) is 9.84 Å². The summed E-state index contributed by atoms with van der Waals surface area (Å²) in [5.74, 6) is 0.727. The van der Waals surface area contributed by atoms with Gasteiger partial charge in [0, 0.05) is 13.1 Å². The summed E-state index contributed by atoms with van der Waals surface area (Å²) in [7, 11) is 0. The molecule has 1 N–H and O–H groups in total. The lowest BCUT2D eigenvalue weighted by molar-refractivity contribution is -0.143. The smallest absolute Gasteiger partial charge is 0.260 e. The van der Waals surface area contributed by atoms with Crippen molar-refractivity contribution in [3.05, 3.63) is 28.8 Å². The lowest BCUT2D eigenvalue weighted by atomic mass is 10.1. The molecule has 0 spiro atoms. The molecule has 1 saturated heterocycles. The zero-order valence-electron chi connectivity index (χ0n) is 11.1. The fraction of sp³-hybridized carbons (Fsp3) is 0.500. The molecule has 1 aliphatic rings. The molecule has 1 amide bonds. The van der Waals surface area contributed by atoms with Crippen molar-refractivity contribution in [3.8, 4) is 5.75 Å². The molecule has 1 aromatic rings. The molecule has 18 heavy (non-hydrogen) atoms. The standard InChI is InChI=1S/C14H19NO3/c1-9-4-5-10(2)14(11(9)3)18-8-13(17)15-6-12(16)7-15/h4-5,12,16H,6-8H2,1-3H3. The number of aliphatic hydroxyl groups excluding tert-OH is 1. The van der Waals surface area contributed by atoms with E-state index in [0.29, 0.717) is 13.1 Å². The van der Waals surface area contributed by atoms with Gasteiger partial charge in [0.05, 0.1) is 6.10 Å². The largest absolute Gasteiger partial charge is 0.483 e. The molecule has 0 atom stereocenters. The third-order valence-electron chi connectivity index (χ3n) is 3.43. The van der Waals surface area contributed by atoms with Crippen LogP contribution in [0.2, 0.25) is 0 Å². The van der Waals surface area contributed by atoms with Crippen LogP contribution in [0.15, 0.2) is 12.1 Å². The maximum absolute atomic E-state index is 11.7. The van der Waals surface area contributed by atoms with E-state index in [1.54, 1.807) is 4.90 Å². The van der Waals surface area contributed by atoms with E-state index in [1.165, 1.54) is 0 Å². The van der Waals surface area contributed by atoms with Crippen LogP contribution >= 0.6 is 0 Å². The summed E-state index contributed by atoms with van der Waals surface area (Å²) < 4.78 is 5.63. The highest BCUT2D eigenvalue weighted by molar-refractivity contribution is 5.78. The number of likely N-dealkylation sites (tertiary alicyclic amines) is 1. The first kappa shape index (κ1) is 12.9. The summed E-state index contributed by atoms with van der Waals surface area (Å²) in [6.45, 7) is 6.88. The molecular formula is C14H19NO3. The van der Waals surface area contributed by atoms with Crippen LogP contribution in [0.4, 0.5) is 0 Å². The van der Waals surface area contributed by atoms with Crippen molar-refractivity contribution >= 4 is 5.91 Å². The van der Waals surface area contributed by atoms with E-state index in [2.05, 4.69) is 0 Å². The third kappa shape index (κ3) is 2.48. The Balaban J connectivity index is 1.98. The summed E-state index contributed by atoms with van der Waals surface area (Å²) in [6.07, 6.45) is -0.364. The number of nitrogens with zero attached hydrogens (tertiary/aromatic N) is 1. The number of carbonyl (C=O) groups is 1. The average molecular weight is 249 g/mol. The van der Waals surface area contributed by atoms with Crippen LogP contribution in [0.25, 0.3) is 0 Å². The molecule has 1 fully saturated rings. The Labute approximate surface area is 107 Å². The Kier molecular flexibility index (Phi) is 3.57. The number of benzene rings is 1. The molecule has 4 heteroatoms. The first-order chi connectivity index (χ1) is 8.49. The summed E-state index contributed by atoms with van der Waals surface area (Å²) >= 11 is 0. The first-order valence-corrected chi connectivity index (χ1v) is 6.14. The highest BCUT2D eigenvalue weighted by Gasteiger charge is 2.28. The molecule has 0 saturated carbocycles. The molecule has 0 aromatic heterocycles. The number of aliphatic hydroxyl groups is 1. The second kappa shape index (κ2) is 4.98. The summed E-state index contributed by atoms with van der Waals surface area (Å²) in [4.78, 5) is 13.3. The molecule has 0 bridgehead atoms. The van der Waals surface area contributed by atoms with Gasteiger partial charge in [0.25, 0.3) is 5.91 Å². The van der Waals surface area contributed by atoms with Gasteiger partial charge in [-0.25, -0.2) is 0 Å². The minimum atomic E-state index is -0.364. The van der Waals surface area contributed by atoms with Crippen molar-refractivity contribution in [2.75, 3.05) is 19.7 Å². The highest BCUT2D eigenvalue weighted by atomic mass is 16.5. The van der Waals surface area contributed by atoms with Gasteiger partial charge in [-0.05, 0) is 37.5 Å². The number of carbonyl (C=O) groups excluding carboxylic acids is 1. The van der Waals surface area contributed by atoms with Crippen molar-refractivity contribution in [1.82, 2.24) is 4.90 Å². The first-order valence-electron chi connectivity index (χ1n) is 6.14. The van der Waals surface area contributed by atoms with E-state index >= 15 is 0 Å². The van der Waals surface area contributed by atoms with Gasteiger partial charge >= 0.3 is 0 Å². The van der Waals surface area contributed by atoms with Gasteiger partial charge in [-0.2, -0.15) is 0 Å². The molecule has 0 radical (unpaired) electrons. The number of β-amino-alcohol motifs (C(OH)–C–C–N with tert-alkyl or cyclic N) is 1. The lowest BCUT2D eigenvalue weighted by Gasteiger charge is -2.35. The Morgan fingerprint density at radius 2 is 1.94 bits per heavy atom. The topological polar surface area (TPSA) is 49.8 Å². The zero-order valence-corrected chi connectivity index (χ0v) is 11.1. The van der Waals surface area contributed by atoms with E-state index in [1.807, 2.05) is 32.9 Å². The van der Waals surface area contributed by atoms with Crippen LogP contribution < -0.4 is 4.74 Å². The Morgan fingerprint density at radius 1 is 1.33 bits per heavy atom. The normalized spacial score (nSPS) is 15.4. The van der Waals surface area contributed by atoms with E-state index in [9.17, 15) is 4.79 Å². The third-order valence-corrected chi connectivity index (χ3v) is 3.43. The van der Waals surface area contributed by atoms with E-state index in [0.717, 1.165) is 22.4 Å². The second-order valence-corrected chi connectivity index (χ2v) is 4.89. The van der Waals surface area contributed by atoms with Crippen molar-refractivity contribution in [2.24, 2.45) is 0 Å². The van der Waals surface area contributed by atoms with Crippen molar-refractivity contribution in [1.29, 1.82) is 0 Å². The number of rotatable bonds is 3. The number of hydrogen-bond acceptors (Lipinski definition) is 3. The molecule has 1 aliphatic heterocycles. The number of aryl methyl sites for hydroxylation is 2. The summed E-state index contributed by atoms with van der Waals surface area (Å²) in [6, 6.07) is 4.04. The van der Waals surface area contributed by atoms with Crippen LogP contribution in [0, 0.1) is 20.8 Å². The van der Waals surface area contributed by atoms with Crippen molar-refractivity contribution in [3.63, 3.8) is 0 Å². The molecule has 1 heterocycles. The van der Waals surface area contributed by atoms with Gasteiger partial charge in [-0.3, -0.25) is 4.79 Å². The van der Waals surface area contributed by atoms with Gasteiger partial charge in [-0.1, -0.05) is 12.1 Å². The van der Waals surface area contributed by atoms with Gasteiger partial charge < -0.3 is 14.7 Å². The summed E-state index contributed by atoms with van der Waals surface area (Å²) in [5, 5.41) is 9.14. The Hall–Kier alpha value is -1.55. The molecule has 98 valence electrons. The zero-order chi connectivity index (χ0) is 13.3. The second-order valence-electron chi connectivity index (χ2n) is 4.89. The van der Waals surface area contributed by atoms with Gasteiger partial charge in [0.2, 0.25) is 0 Å². The molecule has 0 aliphatic carbocycles. The SMILES string of the molecule is Cc1ccc(C)c(OCC(=O)N2CC(O)C2)c1C. The monoisotopic (exact) mass is 249 g/mol. The van der Waals surface area contributed by atoms with Crippen LogP contribution in [0.3, 0.4) is 0 Å². The number of amides is 1. The Morgan fingerprint density at radius 3 is 2.56 bits per heavy atom. The van der Waals surface area contributed by atoms with Crippen LogP contribution in [-0.4, -0.2) is 41.7 Å². The maximum atomic E-state index is 11.7. The van der Waals surface area contributed by atoms with Gasteiger partial charge in [-0.15, -0.1) is 0 Å². The Bertz CT molecular complexity index is 464. The summed E-state index contributed by atoms with van der Waals surface area (Å²) in [5.41, 5.74) is 3.27. The quantitative estimate of drug-likeness (QED) is 0.875. The van der Waals surface area contributed by atoms with Crippen molar-refractivity contribution < 1.29 is 14.6 Å². The van der Waals surface area contributed by atoms with E-state index < -0.39 is 0 Å². The minimum absolute atomic E-state index is 0.0395. The lowest BCUT2D eigenvalue weighted by Crippen LogP contribution is -2.54. The molecular weight excluding hydrogens is 230 g/mol. The van der Waals surface area contributed by atoms with Gasteiger partial charge in [0.1, 0.15) is 5.75 Å². The van der Waals surface area contributed by atoms with Crippen LogP contribution in [-0.2, 0) is 4.79 Å². The van der Waals surface area contributed by atoms with Crippen molar-refractivity contribution in [2.45, 2.75) is 26.9 Å². The molecule has 2 rings (SSSR count). The van der Waals surface area contributed by atoms with Crippen LogP contribution in [0.5, 0.6) is 5.75 Å². The van der Waals surface area contributed by atoms with E-state index in [-0.39, 0.29) is 18.6 Å². The molecule has 0 unspecified atom stereocenters. The fourth-order valence-electron chi connectivity index (χ4n) is 2.03. The average Bonchev–Trinajstić information content (AvgIpc) is 2.30.